The topological polar surface area (TPSA) is 26.0 Å². The molecular weight excluding hydrogens is 266 g/mol. The molecule has 0 aliphatic rings. The van der Waals surface area contributed by atoms with E-state index < -0.39 is 0 Å². The second-order valence-electron chi connectivity index (χ2n) is 5.81. The Balaban J connectivity index is 2.00. The van der Waals surface area contributed by atoms with E-state index in [2.05, 4.69) is 79.7 Å². The molecule has 0 bridgehead atoms. The van der Waals surface area contributed by atoms with Gasteiger partial charge < -0.3 is 5.73 Å². The summed E-state index contributed by atoms with van der Waals surface area (Å²) in [7, 11) is 0. The van der Waals surface area contributed by atoms with Gasteiger partial charge in [-0.15, -0.1) is 0 Å². The highest BCUT2D eigenvalue weighted by molar-refractivity contribution is 6.07. The van der Waals surface area contributed by atoms with Crippen LogP contribution in [0.2, 0.25) is 0 Å². The maximum Gasteiger partial charge on any atom is 0.0473 e. The fourth-order valence-electron chi connectivity index (χ4n) is 3.02. The van der Waals surface area contributed by atoms with E-state index in [-0.39, 0.29) is 0 Å². The molecule has 1 heteroatoms. The van der Waals surface area contributed by atoms with Crippen molar-refractivity contribution in [1.82, 2.24) is 0 Å². The number of fused-ring (bicyclic) bond motifs is 2. The fraction of sp³-hybridized carbons (Fsp3) is 0.0476. The molecule has 0 aliphatic heterocycles. The zero-order valence-electron chi connectivity index (χ0n) is 12.5. The molecule has 4 aromatic carbocycles. The Hall–Kier alpha value is -2.80. The summed E-state index contributed by atoms with van der Waals surface area (Å²) in [4.78, 5) is 0. The molecule has 0 heterocycles. The van der Waals surface area contributed by atoms with Crippen molar-refractivity contribution in [1.29, 1.82) is 0 Å². The smallest absolute Gasteiger partial charge is 0.0473 e. The molecule has 0 amide bonds. The van der Waals surface area contributed by atoms with Crippen LogP contribution < -0.4 is 5.73 Å². The molecule has 0 aliphatic carbocycles. The first-order valence-electron chi connectivity index (χ1n) is 7.50. The molecule has 106 valence electrons. The van der Waals surface area contributed by atoms with Crippen molar-refractivity contribution in [2.45, 2.75) is 6.92 Å². The molecule has 0 saturated heterocycles. The minimum atomic E-state index is 0.854. The minimum absolute atomic E-state index is 0.854. The van der Waals surface area contributed by atoms with E-state index in [9.17, 15) is 0 Å². The summed E-state index contributed by atoms with van der Waals surface area (Å²) < 4.78 is 0. The van der Waals surface area contributed by atoms with Gasteiger partial charge in [0.05, 0.1) is 0 Å². The summed E-state index contributed by atoms with van der Waals surface area (Å²) in [5.41, 5.74) is 10.9. The molecule has 22 heavy (non-hydrogen) atoms. The Morgan fingerprint density at radius 2 is 1.36 bits per heavy atom. The number of aryl methyl sites for hydroxylation is 1. The Labute approximate surface area is 130 Å². The van der Waals surface area contributed by atoms with Crippen molar-refractivity contribution < 1.29 is 0 Å². The van der Waals surface area contributed by atoms with Gasteiger partial charge in [0.25, 0.3) is 0 Å². The van der Waals surface area contributed by atoms with Crippen LogP contribution in [0.4, 0.5) is 5.69 Å². The number of hydrogen-bond donors (Lipinski definition) is 1. The van der Waals surface area contributed by atoms with Gasteiger partial charge >= 0.3 is 0 Å². The maximum atomic E-state index is 6.48. The van der Waals surface area contributed by atoms with Crippen LogP contribution in [0.3, 0.4) is 0 Å². The normalized spacial score (nSPS) is 11.1. The van der Waals surface area contributed by atoms with Crippen LogP contribution in [-0.2, 0) is 0 Å². The second-order valence-corrected chi connectivity index (χ2v) is 5.81. The lowest BCUT2D eigenvalue weighted by molar-refractivity contribution is 1.47. The number of hydrogen-bond acceptors (Lipinski definition) is 1. The largest absolute Gasteiger partial charge is 0.398 e. The maximum absolute atomic E-state index is 6.48. The zero-order valence-corrected chi connectivity index (χ0v) is 12.5. The summed E-state index contributed by atoms with van der Waals surface area (Å²) >= 11 is 0. The molecule has 0 saturated carbocycles. The third kappa shape index (κ3) is 2.03. The first-order chi connectivity index (χ1) is 10.7. The lowest BCUT2D eigenvalue weighted by Crippen LogP contribution is -1.92. The van der Waals surface area contributed by atoms with E-state index in [1.165, 1.54) is 21.7 Å². The van der Waals surface area contributed by atoms with E-state index in [0.717, 1.165) is 22.2 Å². The summed E-state index contributed by atoms with van der Waals surface area (Å²) in [6.45, 7) is 2.10. The van der Waals surface area contributed by atoms with Crippen LogP contribution in [0.1, 0.15) is 5.56 Å². The molecule has 0 atom stereocenters. The monoisotopic (exact) mass is 283 g/mol. The van der Waals surface area contributed by atoms with Crippen LogP contribution in [0.25, 0.3) is 32.7 Å². The van der Waals surface area contributed by atoms with Gasteiger partial charge in [0, 0.05) is 16.6 Å². The third-order valence-corrected chi connectivity index (χ3v) is 4.29. The van der Waals surface area contributed by atoms with Crippen molar-refractivity contribution in [3.8, 4) is 11.1 Å². The Morgan fingerprint density at radius 1 is 0.682 bits per heavy atom. The van der Waals surface area contributed by atoms with Crippen molar-refractivity contribution in [2.75, 3.05) is 5.73 Å². The first-order valence-corrected chi connectivity index (χ1v) is 7.50. The third-order valence-electron chi connectivity index (χ3n) is 4.29. The standard InChI is InChI=1S/C21H17N/c1-14-6-8-15(9-7-14)19-11-10-18-12-16-4-2-3-5-17(16)13-20(18)21(19)22/h2-13H,22H2,1H3. The quantitative estimate of drug-likeness (QED) is 0.359. The number of rotatable bonds is 1. The molecule has 0 unspecified atom stereocenters. The van der Waals surface area contributed by atoms with Crippen LogP contribution in [-0.4, -0.2) is 0 Å². The van der Waals surface area contributed by atoms with Gasteiger partial charge in [-0.2, -0.15) is 0 Å². The molecule has 0 radical (unpaired) electrons. The predicted molar refractivity (Wildman–Crippen MR) is 96.0 cm³/mol. The Bertz CT molecular complexity index is 982. The summed E-state index contributed by atoms with van der Waals surface area (Å²) in [5.74, 6) is 0. The summed E-state index contributed by atoms with van der Waals surface area (Å²) in [5, 5.41) is 4.78. The SMILES string of the molecule is Cc1ccc(-c2ccc3cc4ccccc4cc3c2N)cc1. The molecule has 1 nitrogen and oxygen atoms in total. The van der Waals surface area contributed by atoms with Crippen LogP contribution in [0.15, 0.2) is 72.8 Å². The van der Waals surface area contributed by atoms with Crippen molar-refractivity contribution in [3.63, 3.8) is 0 Å². The number of anilines is 1. The molecule has 0 aromatic heterocycles. The van der Waals surface area contributed by atoms with E-state index >= 15 is 0 Å². The van der Waals surface area contributed by atoms with E-state index in [4.69, 9.17) is 5.73 Å². The Kier molecular flexibility index (Phi) is 2.87. The van der Waals surface area contributed by atoms with Crippen LogP contribution in [0.5, 0.6) is 0 Å². The average Bonchev–Trinajstić information content (AvgIpc) is 2.55. The number of nitrogen functional groups attached to an aromatic ring is 1. The van der Waals surface area contributed by atoms with Crippen molar-refractivity contribution in [2.24, 2.45) is 0 Å². The van der Waals surface area contributed by atoms with Gasteiger partial charge in [-0.3, -0.25) is 0 Å². The lowest BCUT2D eigenvalue weighted by Gasteiger charge is -2.11. The molecule has 0 fully saturated rings. The molecule has 0 spiro atoms. The molecule has 4 aromatic rings. The highest BCUT2D eigenvalue weighted by Gasteiger charge is 2.07. The van der Waals surface area contributed by atoms with Crippen molar-refractivity contribution in [3.05, 3.63) is 78.4 Å². The predicted octanol–water partition coefficient (Wildman–Crippen LogP) is 5.55. The van der Waals surface area contributed by atoms with Gasteiger partial charge in [0.2, 0.25) is 0 Å². The van der Waals surface area contributed by atoms with E-state index in [0.29, 0.717) is 0 Å². The molecule has 4 rings (SSSR count). The highest BCUT2D eigenvalue weighted by atomic mass is 14.6. The van der Waals surface area contributed by atoms with Gasteiger partial charge in [0.1, 0.15) is 0 Å². The number of benzene rings is 4. The van der Waals surface area contributed by atoms with Gasteiger partial charge in [-0.25, -0.2) is 0 Å². The first kappa shape index (κ1) is 12.9. The van der Waals surface area contributed by atoms with E-state index in [1.807, 2.05) is 0 Å². The summed E-state index contributed by atoms with van der Waals surface area (Å²) in [6.07, 6.45) is 0. The van der Waals surface area contributed by atoms with E-state index in [1.54, 1.807) is 0 Å². The van der Waals surface area contributed by atoms with Gasteiger partial charge in [-0.05, 0) is 40.8 Å². The second kappa shape index (κ2) is 4.88. The summed E-state index contributed by atoms with van der Waals surface area (Å²) in [6, 6.07) is 25.6. The highest BCUT2D eigenvalue weighted by Crippen LogP contribution is 2.34. The van der Waals surface area contributed by atoms with Crippen molar-refractivity contribution >= 4 is 27.2 Å². The molecular formula is C21H17N. The van der Waals surface area contributed by atoms with Crippen LogP contribution >= 0.6 is 0 Å². The van der Waals surface area contributed by atoms with Gasteiger partial charge in [0.15, 0.2) is 0 Å². The van der Waals surface area contributed by atoms with Gasteiger partial charge in [-0.1, -0.05) is 66.2 Å². The van der Waals surface area contributed by atoms with Crippen LogP contribution in [0, 0.1) is 6.92 Å². The average molecular weight is 283 g/mol. The zero-order chi connectivity index (χ0) is 15.1. The Morgan fingerprint density at radius 3 is 2.09 bits per heavy atom. The minimum Gasteiger partial charge on any atom is -0.398 e. The fourth-order valence-corrected chi connectivity index (χ4v) is 3.02. The lowest BCUT2D eigenvalue weighted by atomic mass is 9.96. The number of nitrogens with two attached hydrogens (primary N) is 1. The molecule has 2 N–H and O–H groups in total.